The maximum atomic E-state index is 12.9. The van der Waals surface area contributed by atoms with E-state index in [9.17, 15) is 22.8 Å². The molecule has 9 nitrogen and oxygen atoms in total. The minimum absolute atomic E-state index is 0.0160. The van der Waals surface area contributed by atoms with Gasteiger partial charge in [0.1, 0.15) is 11.3 Å². The molecule has 0 aromatic carbocycles. The molecule has 0 bridgehead atoms. The van der Waals surface area contributed by atoms with Crippen LogP contribution in [0.25, 0.3) is 0 Å². The Morgan fingerprint density at radius 3 is 2.46 bits per heavy atom. The second kappa shape index (κ2) is 7.81. The smallest absolute Gasteiger partial charge is 0.331 e. The van der Waals surface area contributed by atoms with Gasteiger partial charge in [-0.15, -0.1) is 0 Å². The predicted octanol–water partition coefficient (Wildman–Crippen LogP) is 0.390. The number of amides is 2. The van der Waals surface area contributed by atoms with Crippen LogP contribution in [0.4, 0.5) is 0 Å². The second-order valence-corrected chi connectivity index (χ2v) is 10.3. The summed E-state index contributed by atoms with van der Waals surface area (Å²) in [7, 11) is -1.88. The Labute approximate surface area is 164 Å². The van der Waals surface area contributed by atoms with Gasteiger partial charge in [-0.3, -0.25) is 9.59 Å². The van der Waals surface area contributed by atoms with E-state index in [0.29, 0.717) is 25.2 Å². The van der Waals surface area contributed by atoms with E-state index in [2.05, 4.69) is 17.3 Å². The molecular weight excluding hydrogens is 386 g/mol. The predicted molar refractivity (Wildman–Crippen MR) is 101 cm³/mol. The summed E-state index contributed by atoms with van der Waals surface area (Å²) < 4.78 is 28.4. The van der Waals surface area contributed by atoms with Crippen molar-refractivity contribution in [1.29, 1.82) is 0 Å². The van der Waals surface area contributed by atoms with Gasteiger partial charge in [0.15, 0.2) is 9.84 Å². The van der Waals surface area contributed by atoms with E-state index in [1.165, 1.54) is 7.11 Å². The van der Waals surface area contributed by atoms with E-state index in [-0.39, 0.29) is 36.0 Å². The number of carbonyl (C=O) groups excluding carboxylic acids is 3. The Balaban J connectivity index is 1.77. The van der Waals surface area contributed by atoms with Gasteiger partial charge in [0.2, 0.25) is 5.91 Å². The molecule has 2 fully saturated rings. The van der Waals surface area contributed by atoms with Crippen LogP contribution in [-0.2, 0) is 29.0 Å². The van der Waals surface area contributed by atoms with Crippen LogP contribution in [0.1, 0.15) is 51.9 Å². The van der Waals surface area contributed by atoms with E-state index in [1.807, 2.05) is 0 Å². The summed E-state index contributed by atoms with van der Waals surface area (Å²) in [6.45, 7) is 2.10. The number of methoxy groups -OCH3 is 1. The van der Waals surface area contributed by atoms with E-state index >= 15 is 0 Å². The highest BCUT2D eigenvalue weighted by atomic mass is 32.2. The number of carbonyl (C=O) groups is 3. The normalized spacial score (nSPS) is 32.6. The minimum atomic E-state index is -3.18. The van der Waals surface area contributed by atoms with Gasteiger partial charge in [0.05, 0.1) is 24.7 Å². The summed E-state index contributed by atoms with van der Waals surface area (Å²) in [6, 6.07) is -0.536. The van der Waals surface area contributed by atoms with Crippen molar-refractivity contribution < 1.29 is 27.5 Å². The van der Waals surface area contributed by atoms with Gasteiger partial charge in [-0.1, -0.05) is 6.92 Å². The number of hydrogen-bond donors (Lipinski definition) is 1. The molecule has 0 aromatic heterocycles. The molecule has 1 aliphatic carbocycles. The zero-order valence-corrected chi connectivity index (χ0v) is 17.1. The zero-order valence-electron chi connectivity index (χ0n) is 16.3. The number of sulfone groups is 1. The monoisotopic (exact) mass is 413 g/mol. The van der Waals surface area contributed by atoms with Crippen LogP contribution in [0.3, 0.4) is 0 Å². The SMILES string of the molecule is COC(=O)C1(NC(=O)C2=NN(C3CCS(=O)(=O)C3)C(=O)CC2)CCC(C)CC1. The van der Waals surface area contributed by atoms with Gasteiger partial charge in [-0.05, 0) is 38.0 Å². The average Bonchev–Trinajstić information content (AvgIpc) is 3.03. The summed E-state index contributed by atoms with van der Waals surface area (Å²) in [5.74, 6) is -0.910. The molecule has 1 atom stereocenters. The second-order valence-electron chi connectivity index (χ2n) is 8.05. The van der Waals surface area contributed by atoms with Gasteiger partial charge in [0, 0.05) is 12.8 Å². The first-order valence-electron chi connectivity index (χ1n) is 9.67. The molecule has 1 saturated heterocycles. The summed E-state index contributed by atoms with van der Waals surface area (Å²) >= 11 is 0. The van der Waals surface area contributed by atoms with Crippen LogP contribution in [0.2, 0.25) is 0 Å². The lowest BCUT2D eigenvalue weighted by molar-refractivity contribution is -0.152. The van der Waals surface area contributed by atoms with Crippen molar-refractivity contribution in [3.63, 3.8) is 0 Å². The van der Waals surface area contributed by atoms with Crippen molar-refractivity contribution >= 4 is 33.3 Å². The molecule has 10 heteroatoms. The van der Waals surface area contributed by atoms with E-state index in [4.69, 9.17) is 4.74 Å². The molecule has 28 heavy (non-hydrogen) atoms. The third-order valence-electron chi connectivity index (χ3n) is 5.93. The summed E-state index contributed by atoms with van der Waals surface area (Å²) in [5, 5.41) is 8.14. The first-order chi connectivity index (χ1) is 13.2. The Bertz CT molecular complexity index is 798. The van der Waals surface area contributed by atoms with Gasteiger partial charge in [0.25, 0.3) is 5.91 Å². The lowest BCUT2D eigenvalue weighted by Gasteiger charge is -2.38. The zero-order chi connectivity index (χ0) is 20.5. The van der Waals surface area contributed by atoms with E-state index in [0.717, 1.165) is 17.9 Å². The summed E-state index contributed by atoms with van der Waals surface area (Å²) in [5.41, 5.74) is -0.935. The van der Waals surface area contributed by atoms with Crippen molar-refractivity contribution in [3.05, 3.63) is 0 Å². The molecule has 1 unspecified atom stereocenters. The fourth-order valence-corrected chi connectivity index (χ4v) is 5.80. The third kappa shape index (κ3) is 4.21. The van der Waals surface area contributed by atoms with Crippen LogP contribution in [0.15, 0.2) is 5.10 Å². The van der Waals surface area contributed by atoms with Crippen LogP contribution in [-0.4, -0.2) is 67.1 Å². The molecule has 0 aromatic rings. The molecular formula is C18H27N3O6S. The minimum Gasteiger partial charge on any atom is -0.467 e. The topological polar surface area (TPSA) is 122 Å². The average molecular weight is 413 g/mol. The van der Waals surface area contributed by atoms with Gasteiger partial charge in [-0.25, -0.2) is 18.2 Å². The molecule has 2 amide bonds. The number of nitrogens with zero attached hydrogens (tertiary/aromatic N) is 2. The maximum absolute atomic E-state index is 12.9. The molecule has 0 spiro atoms. The molecule has 3 rings (SSSR count). The molecule has 3 aliphatic rings. The molecule has 0 radical (unpaired) electrons. The summed E-state index contributed by atoms with van der Waals surface area (Å²) in [6.07, 6.45) is 3.14. The summed E-state index contributed by atoms with van der Waals surface area (Å²) in [4.78, 5) is 37.5. The van der Waals surface area contributed by atoms with Crippen LogP contribution in [0.5, 0.6) is 0 Å². The van der Waals surface area contributed by atoms with Crippen molar-refractivity contribution in [3.8, 4) is 0 Å². The quantitative estimate of drug-likeness (QED) is 0.665. The van der Waals surface area contributed by atoms with Crippen molar-refractivity contribution in [1.82, 2.24) is 10.3 Å². The lowest BCUT2D eigenvalue weighted by Crippen LogP contribution is -2.58. The Kier molecular flexibility index (Phi) is 5.79. The largest absolute Gasteiger partial charge is 0.467 e. The van der Waals surface area contributed by atoms with Crippen molar-refractivity contribution in [2.75, 3.05) is 18.6 Å². The number of nitrogens with one attached hydrogen (secondary N) is 1. The van der Waals surface area contributed by atoms with E-state index < -0.39 is 33.3 Å². The first-order valence-corrected chi connectivity index (χ1v) is 11.5. The number of ether oxygens (including phenoxy) is 1. The number of hydrazone groups is 1. The van der Waals surface area contributed by atoms with Crippen LogP contribution < -0.4 is 5.32 Å². The lowest BCUT2D eigenvalue weighted by atomic mass is 9.77. The fraction of sp³-hybridized carbons (Fsp3) is 0.778. The Hall–Kier alpha value is -1.97. The highest BCUT2D eigenvalue weighted by molar-refractivity contribution is 7.91. The first kappa shape index (κ1) is 20.8. The standard InChI is InChI=1S/C18H27N3O6S/c1-12-5-8-18(9-6-12,17(24)27-2)19-16(23)14-3-4-15(22)21(20-14)13-7-10-28(25,26)11-13/h12-13H,3-11H2,1-2H3,(H,19,23). The number of hydrogen-bond acceptors (Lipinski definition) is 7. The molecule has 2 heterocycles. The number of esters is 1. The fourth-order valence-electron chi connectivity index (χ4n) is 4.11. The molecule has 156 valence electrons. The third-order valence-corrected chi connectivity index (χ3v) is 7.68. The number of rotatable bonds is 4. The Morgan fingerprint density at radius 2 is 1.89 bits per heavy atom. The maximum Gasteiger partial charge on any atom is 0.331 e. The molecule has 1 saturated carbocycles. The van der Waals surface area contributed by atoms with Crippen LogP contribution in [0, 0.1) is 5.92 Å². The van der Waals surface area contributed by atoms with Gasteiger partial charge >= 0.3 is 5.97 Å². The highest BCUT2D eigenvalue weighted by Gasteiger charge is 2.45. The van der Waals surface area contributed by atoms with Gasteiger partial charge < -0.3 is 10.1 Å². The van der Waals surface area contributed by atoms with E-state index in [1.54, 1.807) is 0 Å². The van der Waals surface area contributed by atoms with Crippen molar-refractivity contribution in [2.24, 2.45) is 11.0 Å². The van der Waals surface area contributed by atoms with Crippen LogP contribution >= 0.6 is 0 Å². The van der Waals surface area contributed by atoms with Crippen molar-refractivity contribution in [2.45, 2.75) is 63.5 Å². The molecule has 1 N–H and O–H groups in total. The molecule has 2 aliphatic heterocycles. The highest BCUT2D eigenvalue weighted by Crippen LogP contribution is 2.33. The Morgan fingerprint density at radius 1 is 1.21 bits per heavy atom. The van der Waals surface area contributed by atoms with Gasteiger partial charge in [-0.2, -0.15) is 5.10 Å².